The van der Waals surface area contributed by atoms with Crippen LogP contribution in [0.25, 0.3) is 0 Å². The van der Waals surface area contributed by atoms with Gasteiger partial charge in [-0.15, -0.1) is 13.2 Å². The van der Waals surface area contributed by atoms with Gasteiger partial charge in [0.15, 0.2) is 0 Å². The Kier molecular flexibility index (Phi) is 9.84. The van der Waals surface area contributed by atoms with Gasteiger partial charge >= 0.3 is 0 Å². The number of anilines is 2. The molecule has 0 saturated carbocycles. The zero-order chi connectivity index (χ0) is 31.6. The highest BCUT2D eigenvalue weighted by molar-refractivity contribution is 9.09. The minimum atomic E-state index is -1.24. The number of likely N-dealkylation sites (tertiary alicyclic amines) is 1. The van der Waals surface area contributed by atoms with E-state index in [0.29, 0.717) is 35.2 Å². The Labute approximate surface area is 271 Å². The highest BCUT2D eigenvalue weighted by Crippen LogP contribution is 2.60. The number of aliphatic hydroxyl groups is 1. The summed E-state index contributed by atoms with van der Waals surface area (Å²) in [5, 5.41) is 10.2. The average Bonchev–Trinajstić information content (AvgIpc) is 3.61. The number of amides is 3. The second-order valence-electron chi connectivity index (χ2n) is 11.2. The first-order chi connectivity index (χ1) is 21.2. The third-order valence-corrected chi connectivity index (χ3v) is 9.72. The number of aliphatic hydroxyl groups excluding tert-OH is 1. The van der Waals surface area contributed by atoms with Gasteiger partial charge < -0.3 is 29.3 Å². The zero-order valence-electron chi connectivity index (χ0n) is 24.6. The normalized spacial score (nSPS) is 26.8. The maximum atomic E-state index is 14.6. The van der Waals surface area contributed by atoms with Gasteiger partial charge in [-0.3, -0.25) is 14.4 Å². The van der Waals surface area contributed by atoms with E-state index in [1.54, 1.807) is 70.5 Å². The molecule has 234 valence electrons. The molecule has 3 aliphatic heterocycles. The summed E-state index contributed by atoms with van der Waals surface area (Å²) in [5.74, 6) is -1.99. The predicted octanol–water partition coefficient (Wildman–Crippen LogP) is 4.61. The van der Waals surface area contributed by atoms with E-state index in [0.717, 1.165) is 0 Å². The Hall–Kier alpha value is -3.18. The fraction of sp³-hybridized carbons (Fsp3) is 0.424. The number of fused-ring (bicyclic) bond motifs is 1. The van der Waals surface area contributed by atoms with Gasteiger partial charge in [0.25, 0.3) is 5.91 Å². The molecule has 3 saturated heterocycles. The van der Waals surface area contributed by atoms with Crippen LogP contribution < -0.4 is 14.5 Å². The van der Waals surface area contributed by atoms with Crippen LogP contribution in [0, 0.1) is 11.8 Å². The Morgan fingerprint density at radius 2 is 1.68 bits per heavy atom. The Bertz CT molecular complexity index is 1410. The van der Waals surface area contributed by atoms with Gasteiger partial charge in [0.1, 0.15) is 17.4 Å². The summed E-state index contributed by atoms with van der Waals surface area (Å²) in [6, 6.07) is 13.1. The lowest BCUT2D eigenvalue weighted by atomic mass is 9.70. The molecule has 3 amide bonds. The van der Waals surface area contributed by atoms with Gasteiger partial charge in [0.2, 0.25) is 11.8 Å². The predicted molar refractivity (Wildman–Crippen MR) is 173 cm³/mol. The van der Waals surface area contributed by atoms with Crippen molar-refractivity contribution in [3.05, 3.63) is 78.9 Å². The summed E-state index contributed by atoms with van der Waals surface area (Å²) < 4.78 is 12.3. The van der Waals surface area contributed by atoms with Crippen molar-refractivity contribution in [3.8, 4) is 5.75 Å². The third-order valence-electron chi connectivity index (χ3n) is 8.62. The first-order valence-corrected chi connectivity index (χ1v) is 16.1. The lowest BCUT2D eigenvalue weighted by molar-refractivity contribution is -0.140. The molecule has 3 fully saturated rings. The summed E-state index contributed by atoms with van der Waals surface area (Å²) in [6.07, 6.45) is 3.28. The lowest BCUT2D eigenvalue weighted by Gasteiger charge is -2.37. The standard InChI is InChI=1S/C33H37BrClN3O6/c1-4-16-36(23-12-14-24(15-13-23)43-6-3)30(40)26-27-31(41)38(18-7-19-39)29(33(27)20-25(34)28(26)44-33)32(42)37(17-5-2)22-10-8-21(35)9-11-22/h4-5,8-15,25-29,39H,1-2,6-7,16-20H2,3H3/t25?,26-,27-,28-,29?,33?/m0/s1. The Balaban J connectivity index is 1.55. The van der Waals surface area contributed by atoms with E-state index in [9.17, 15) is 19.5 Å². The number of ether oxygens (including phenoxy) is 2. The molecule has 9 nitrogen and oxygen atoms in total. The first kappa shape index (κ1) is 32.2. The van der Waals surface area contributed by atoms with E-state index in [1.807, 2.05) is 6.92 Å². The van der Waals surface area contributed by atoms with Crippen molar-refractivity contribution in [3.63, 3.8) is 0 Å². The van der Waals surface area contributed by atoms with Crippen LogP contribution in [0.2, 0.25) is 5.02 Å². The van der Waals surface area contributed by atoms with Crippen molar-refractivity contribution in [2.75, 3.05) is 42.6 Å². The van der Waals surface area contributed by atoms with E-state index < -0.39 is 29.6 Å². The molecular formula is C33H37BrClN3O6. The fourth-order valence-corrected chi connectivity index (χ4v) is 7.98. The van der Waals surface area contributed by atoms with Crippen molar-refractivity contribution in [2.24, 2.45) is 11.8 Å². The van der Waals surface area contributed by atoms with Gasteiger partial charge in [0.05, 0.1) is 24.5 Å². The summed E-state index contributed by atoms with van der Waals surface area (Å²) in [6.45, 7) is 10.5. The molecule has 2 aromatic rings. The van der Waals surface area contributed by atoms with Gasteiger partial charge in [-0.25, -0.2) is 0 Å². The topological polar surface area (TPSA) is 99.6 Å². The van der Waals surface area contributed by atoms with Crippen molar-refractivity contribution in [1.29, 1.82) is 0 Å². The number of rotatable bonds is 13. The average molecular weight is 687 g/mol. The minimum Gasteiger partial charge on any atom is -0.494 e. The highest BCUT2D eigenvalue weighted by atomic mass is 79.9. The molecule has 0 aromatic heterocycles. The second-order valence-corrected chi connectivity index (χ2v) is 12.8. The molecule has 2 bridgehead atoms. The molecule has 0 radical (unpaired) electrons. The fourth-order valence-electron chi connectivity index (χ4n) is 6.91. The Morgan fingerprint density at radius 1 is 1.09 bits per heavy atom. The number of halogens is 2. The van der Waals surface area contributed by atoms with E-state index in [4.69, 9.17) is 21.1 Å². The van der Waals surface area contributed by atoms with Crippen molar-refractivity contribution < 1.29 is 29.0 Å². The van der Waals surface area contributed by atoms with Gasteiger partial charge in [-0.05, 0) is 68.3 Å². The smallest absolute Gasteiger partial charge is 0.253 e. The quantitative estimate of drug-likeness (QED) is 0.244. The second kappa shape index (κ2) is 13.4. The van der Waals surface area contributed by atoms with Crippen LogP contribution in [0.3, 0.4) is 0 Å². The molecule has 3 heterocycles. The van der Waals surface area contributed by atoms with E-state index >= 15 is 0 Å². The van der Waals surface area contributed by atoms with Gasteiger partial charge in [-0.2, -0.15) is 0 Å². The maximum absolute atomic E-state index is 14.6. The van der Waals surface area contributed by atoms with Crippen LogP contribution in [-0.2, 0) is 19.1 Å². The SMILES string of the molecule is C=CCN(C(=O)C1N(CCCO)C(=O)[C@@H]2[C@H](C(=O)N(CC=C)c3ccc(OCC)cc3)[C@H]3OC12CC3Br)c1ccc(Cl)cc1. The maximum Gasteiger partial charge on any atom is 0.253 e. The molecule has 0 aliphatic carbocycles. The lowest BCUT2D eigenvalue weighted by Crippen LogP contribution is -2.57. The molecular weight excluding hydrogens is 650 g/mol. The molecule has 3 aliphatic rings. The van der Waals surface area contributed by atoms with E-state index in [2.05, 4.69) is 29.1 Å². The van der Waals surface area contributed by atoms with Crippen LogP contribution in [0.5, 0.6) is 5.75 Å². The van der Waals surface area contributed by atoms with Gasteiger partial charge in [0, 0.05) is 47.5 Å². The van der Waals surface area contributed by atoms with Crippen LogP contribution >= 0.6 is 27.5 Å². The number of carbonyl (C=O) groups is 3. The van der Waals surface area contributed by atoms with Crippen LogP contribution in [0.4, 0.5) is 11.4 Å². The first-order valence-electron chi connectivity index (χ1n) is 14.8. The highest BCUT2D eigenvalue weighted by Gasteiger charge is 2.77. The molecule has 2 aromatic carbocycles. The molecule has 6 atom stereocenters. The molecule has 1 spiro atoms. The molecule has 5 rings (SSSR count). The summed E-state index contributed by atoms with van der Waals surface area (Å²) in [4.78, 5) is 47.8. The molecule has 3 unspecified atom stereocenters. The summed E-state index contributed by atoms with van der Waals surface area (Å²) in [7, 11) is 0. The van der Waals surface area contributed by atoms with E-state index in [1.165, 1.54) is 4.90 Å². The monoisotopic (exact) mass is 685 g/mol. The minimum absolute atomic E-state index is 0.143. The Morgan fingerprint density at radius 3 is 2.25 bits per heavy atom. The molecule has 44 heavy (non-hydrogen) atoms. The van der Waals surface area contributed by atoms with Crippen molar-refractivity contribution >= 4 is 56.6 Å². The van der Waals surface area contributed by atoms with Crippen LogP contribution in [0.1, 0.15) is 19.8 Å². The van der Waals surface area contributed by atoms with Crippen molar-refractivity contribution in [2.45, 2.75) is 42.3 Å². The third kappa shape index (κ3) is 5.57. The zero-order valence-corrected chi connectivity index (χ0v) is 27.0. The summed E-state index contributed by atoms with van der Waals surface area (Å²) in [5.41, 5.74) is -0.0128. The number of nitrogens with zero attached hydrogens (tertiary/aromatic N) is 3. The van der Waals surface area contributed by atoms with Gasteiger partial charge in [-0.1, -0.05) is 39.7 Å². The molecule has 11 heteroatoms. The number of alkyl halides is 1. The van der Waals surface area contributed by atoms with Crippen molar-refractivity contribution in [1.82, 2.24) is 4.90 Å². The summed E-state index contributed by atoms with van der Waals surface area (Å²) >= 11 is 9.86. The number of hydrogen-bond acceptors (Lipinski definition) is 6. The van der Waals surface area contributed by atoms with Crippen LogP contribution in [-0.4, -0.2) is 83.2 Å². The largest absolute Gasteiger partial charge is 0.494 e. The number of benzene rings is 2. The number of hydrogen-bond donors (Lipinski definition) is 1. The van der Waals surface area contributed by atoms with Crippen LogP contribution in [0.15, 0.2) is 73.8 Å². The number of carbonyl (C=O) groups excluding carboxylic acids is 3. The molecule has 1 N–H and O–H groups in total. The van der Waals surface area contributed by atoms with E-state index in [-0.39, 0.29) is 55.2 Å².